The van der Waals surface area contributed by atoms with Gasteiger partial charge in [-0.1, -0.05) is 27.7 Å². The average molecular weight is 500 g/mol. The van der Waals surface area contributed by atoms with E-state index in [1.165, 1.54) is 0 Å². The summed E-state index contributed by atoms with van der Waals surface area (Å²) in [5.74, 6) is -0.661. The Labute approximate surface area is 211 Å². The van der Waals surface area contributed by atoms with Crippen molar-refractivity contribution in [1.29, 1.82) is 0 Å². The van der Waals surface area contributed by atoms with Crippen molar-refractivity contribution in [1.82, 2.24) is 10.6 Å². The van der Waals surface area contributed by atoms with Gasteiger partial charge in [0.05, 0.1) is 23.9 Å². The van der Waals surface area contributed by atoms with Gasteiger partial charge in [-0.05, 0) is 58.3 Å². The number of hydrogen-bond donors (Lipinski definition) is 4. The van der Waals surface area contributed by atoms with E-state index in [1.54, 1.807) is 14.0 Å². The lowest BCUT2D eigenvalue weighted by atomic mass is 9.90. The van der Waals surface area contributed by atoms with Gasteiger partial charge in [-0.3, -0.25) is 14.6 Å². The number of amides is 2. The molecule has 2 atom stereocenters. The molecular weight excluding hydrogens is 450 g/mol. The maximum absolute atomic E-state index is 12.6. The van der Waals surface area contributed by atoms with Crippen LogP contribution in [-0.4, -0.2) is 67.6 Å². The Morgan fingerprint density at radius 3 is 2.09 bits per heavy atom. The number of carbonyl (C=O) groups is 3. The second kappa shape index (κ2) is 17.3. The molecule has 0 heterocycles. The third-order valence-corrected chi connectivity index (χ3v) is 7.01. The molecule has 0 aliphatic rings. The van der Waals surface area contributed by atoms with Crippen molar-refractivity contribution < 1.29 is 23.9 Å². The molecule has 0 saturated heterocycles. The predicted molar refractivity (Wildman–Crippen MR) is 139 cm³/mol. The lowest BCUT2D eigenvalue weighted by molar-refractivity contribution is -0.131. The molecule has 0 aliphatic heterocycles. The molecule has 0 fully saturated rings. The summed E-state index contributed by atoms with van der Waals surface area (Å²) in [4.78, 5) is 40.1. The van der Waals surface area contributed by atoms with Gasteiger partial charge >= 0.3 is 0 Å². The first kappa shape index (κ1) is 32.8. The van der Waals surface area contributed by atoms with Crippen LogP contribution in [0.4, 0.5) is 0 Å². The SMILES string of the molecule is CCC(CC)(CCOC(CC)(CC)CCC(=O)N[C@@H](C)C(=O)NC(C=O)CCCN=C(N)N)OC. The maximum Gasteiger partial charge on any atom is 0.242 e. The van der Waals surface area contributed by atoms with Crippen molar-refractivity contribution in [2.75, 3.05) is 20.3 Å². The second-order valence-corrected chi connectivity index (χ2v) is 9.07. The van der Waals surface area contributed by atoms with Gasteiger partial charge in [-0.15, -0.1) is 0 Å². The summed E-state index contributed by atoms with van der Waals surface area (Å²) in [7, 11) is 1.74. The largest absolute Gasteiger partial charge is 0.378 e. The standard InChI is InChI=1S/C25H49N5O5/c1-7-24(8-2,34-6)15-17-35-25(9-3,10-4)14-13-21(32)29-19(5)22(33)30-20(18-31)12-11-16-28-23(26)27/h18-20H,7-17H2,1-6H3,(H,29,32)(H,30,33)(H4,26,27,28)/t19-,20?/m0/s1. The second-order valence-electron chi connectivity index (χ2n) is 9.07. The molecule has 6 N–H and O–H groups in total. The van der Waals surface area contributed by atoms with E-state index >= 15 is 0 Å². The van der Waals surface area contributed by atoms with Gasteiger partial charge < -0.3 is 36.4 Å². The van der Waals surface area contributed by atoms with Gasteiger partial charge in [0.25, 0.3) is 0 Å². The van der Waals surface area contributed by atoms with E-state index in [9.17, 15) is 14.4 Å². The fourth-order valence-corrected chi connectivity index (χ4v) is 4.05. The Bertz CT molecular complexity index is 650. The van der Waals surface area contributed by atoms with Crippen molar-refractivity contribution in [3.63, 3.8) is 0 Å². The molecule has 204 valence electrons. The maximum atomic E-state index is 12.6. The number of guanidine groups is 1. The van der Waals surface area contributed by atoms with Crippen LogP contribution in [0.2, 0.25) is 0 Å². The van der Waals surface area contributed by atoms with E-state index < -0.39 is 23.6 Å². The molecule has 35 heavy (non-hydrogen) atoms. The summed E-state index contributed by atoms with van der Waals surface area (Å²) in [6.45, 7) is 10.9. The van der Waals surface area contributed by atoms with E-state index in [0.717, 1.165) is 32.1 Å². The van der Waals surface area contributed by atoms with Gasteiger partial charge in [-0.25, -0.2) is 0 Å². The van der Waals surface area contributed by atoms with Crippen LogP contribution in [0.25, 0.3) is 0 Å². The Morgan fingerprint density at radius 1 is 1.00 bits per heavy atom. The molecule has 0 aromatic heterocycles. The molecule has 10 heteroatoms. The summed E-state index contributed by atoms with van der Waals surface area (Å²) in [5, 5.41) is 5.37. The quantitative estimate of drug-likeness (QED) is 0.0865. The zero-order chi connectivity index (χ0) is 26.9. The zero-order valence-electron chi connectivity index (χ0n) is 22.7. The van der Waals surface area contributed by atoms with Crippen LogP contribution in [0.5, 0.6) is 0 Å². The van der Waals surface area contributed by atoms with Crippen LogP contribution in [0.1, 0.15) is 92.4 Å². The van der Waals surface area contributed by atoms with Crippen LogP contribution in [0.3, 0.4) is 0 Å². The number of hydrogen-bond acceptors (Lipinski definition) is 6. The normalized spacial score (nSPS) is 13.5. The Hall–Kier alpha value is -2.20. The highest BCUT2D eigenvalue weighted by atomic mass is 16.5. The molecule has 0 radical (unpaired) electrons. The van der Waals surface area contributed by atoms with E-state index in [-0.39, 0.29) is 23.9 Å². The Kier molecular flexibility index (Phi) is 16.2. The number of nitrogens with zero attached hydrogens (tertiary/aromatic N) is 1. The fourth-order valence-electron chi connectivity index (χ4n) is 4.05. The number of nitrogens with one attached hydrogen (secondary N) is 2. The highest BCUT2D eigenvalue weighted by Crippen LogP contribution is 2.29. The summed E-state index contributed by atoms with van der Waals surface area (Å²) in [6.07, 6.45) is 6.61. The molecule has 0 aromatic rings. The van der Waals surface area contributed by atoms with E-state index in [1.807, 2.05) is 0 Å². The molecule has 0 rings (SSSR count). The minimum Gasteiger partial charge on any atom is -0.378 e. The molecule has 10 nitrogen and oxygen atoms in total. The lowest BCUT2D eigenvalue weighted by Crippen LogP contribution is -2.48. The van der Waals surface area contributed by atoms with Crippen molar-refractivity contribution in [2.24, 2.45) is 16.5 Å². The van der Waals surface area contributed by atoms with E-state index in [0.29, 0.717) is 38.7 Å². The molecule has 0 aromatic carbocycles. The van der Waals surface area contributed by atoms with Crippen LogP contribution in [-0.2, 0) is 23.9 Å². The minimum atomic E-state index is -0.766. The first-order chi connectivity index (χ1) is 16.6. The topological polar surface area (TPSA) is 158 Å². The number of aliphatic imine (C=N–C) groups is 1. The summed E-state index contributed by atoms with van der Waals surface area (Å²) < 4.78 is 12.1. The lowest BCUT2D eigenvalue weighted by Gasteiger charge is -2.35. The summed E-state index contributed by atoms with van der Waals surface area (Å²) in [6, 6.07) is -1.43. The first-order valence-electron chi connectivity index (χ1n) is 12.9. The van der Waals surface area contributed by atoms with Crippen molar-refractivity contribution >= 4 is 24.1 Å². The van der Waals surface area contributed by atoms with Crippen molar-refractivity contribution in [2.45, 2.75) is 116 Å². The monoisotopic (exact) mass is 499 g/mol. The molecular formula is C25H49N5O5. The molecule has 0 spiro atoms. The van der Waals surface area contributed by atoms with Crippen LogP contribution in [0.15, 0.2) is 4.99 Å². The van der Waals surface area contributed by atoms with Crippen LogP contribution >= 0.6 is 0 Å². The van der Waals surface area contributed by atoms with Gasteiger partial charge in [0.2, 0.25) is 11.8 Å². The number of aldehydes is 1. The number of rotatable bonds is 20. The Morgan fingerprint density at radius 2 is 1.60 bits per heavy atom. The molecule has 1 unspecified atom stereocenters. The fraction of sp³-hybridized carbons (Fsp3) is 0.840. The van der Waals surface area contributed by atoms with E-state index in [2.05, 4.69) is 43.3 Å². The van der Waals surface area contributed by atoms with Crippen molar-refractivity contribution in [3.8, 4) is 0 Å². The van der Waals surface area contributed by atoms with Gasteiger partial charge in [-0.2, -0.15) is 0 Å². The average Bonchev–Trinajstić information content (AvgIpc) is 2.85. The number of ether oxygens (including phenoxy) is 2. The van der Waals surface area contributed by atoms with Gasteiger partial charge in [0, 0.05) is 20.1 Å². The summed E-state index contributed by atoms with van der Waals surface area (Å²) in [5.41, 5.74) is 9.96. The highest BCUT2D eigenvalue weighted by Gasteiger charge is 2.31. The van der Waals surface area contributed by atoms with E-state index in [4.69, 9.17) is 20.9 Å². The third-order valence-electron chi connectivity index (χ3n) is 7.01. The minimum absolute atomic E-state index is 0.0152. The number of nitrogens with two attached hydrogens (primary N) is 2. The third kappa shape index (κ3) is 12.4. The van der Waals surface area contributed by atoms with Crippen molar-refractivity contribution in [3.05, 3.63) is 0 Å². The number of carbonyl (C=O) groups excluding carboxylic acids is 3. The molecule has 0 aliphatic carbocycles. The molecule has 0 saturated carbocycles. The van der Waals surface area contributed by atoms with Gasteiger partial charge in [0.1, 0.15) is 12.3 Å². The number of methoxy groups -OCH3 is 1. The predicted octanol–water partition coefficient (Wildman–Crippen LogP) is 2.18. The molecule has 2 amide bonds. The molecule has 0 bridgehead atoms. The van der Waals surface area contributed by atoms with Crippen LogP contribution in [0, 0.1) is 0 Å². The first-order valence-corrected chi connectivity index (χ1v) is 12.9. The highest BCUT2D eigenvalue weighted by molar-refractivity contribution is 5.88. The smallest absolute Gasteiger partial charge is 0.242 e. The Balaban J connectivity index is 4.70. The zero-order valence-corrected chi connectivity index (χ0v) is 22.7. The van der Waals surface area contributed by atoms with Crippen LogP contribution < -0.4 is 22.1 Å². The summed E-state index contributed by atoms with van der Waals surface area (Å²) >= 11 is 0. The van der Waals surface area contributed by atoms with Gasteiger partial charge in [0.15, 0.2) is 5.96 Å².